The van der Waals surface area contributed by atoms with Crippen LogP contribution < -0.4 is 0 Å². The van der Waals surface area contributed by atoms with Gasteiger partial charge in [-0.15, -0.1) is 0 Å². The van der Waals surface area contributed by atoms with Gasteiger partial charge in [0.2, 0.25) is 0 Å². The van der Waals surface area contributed by atoms with Crippen LogP contribution in [-0.2, 0) is 0 Å². The molecule has 0 saturated heterocycles. The van der Waals surface area contributed by atoms with Crippen LogP contribution in [0.15, 0.2) is 60.8 Å². The van der Waals surface area contributed by atoms with Crippen LogP contribution in [-0.4, -0.2) is 16.1 Å². The lowest BCUT2D eigenvalue weighted by Gasteiger charge is -2.04. The van der Waals surface area contributed by atoms with Crippen molar-refractivity contribution in [3.8, 4) is 11.1 Å². The third-order valence-electron chi connectivity index (χ3n) is 3.04. The fourth-order valence-electron chi connectivity index (χ4n) is 2.05. The molecule has 3 aromatic rings. The summed E-state index contributed by atoms with van der Waals surface area (Å²) in [4.78, 5) is 15.3. The summed E-state index contributed by atoms with van der Waals surface area (Å²) in [5.74, 6) is -0.924. The van der Waals surface area contributed by atoms with Crippen molar-refractivity contribution in [2.45, 2.75) is 0 Å². The number of benzene rings is 2. The average Bonchev–Trinajstić information content (AvgIpc) is 2.47. The number of carboxylic acid groups (broad SMARTS) is 1. The van der Waals surface area contributed by atoms with Crippen molar-refractivity contribution >= 4 is 16.9 Å². The van der Waals surface area contributed by atoms with Gasteiger partial charge in [0.1, 0.15) is 0 Å². The van der Waals surface area contributed by atoms with E-state index in [1.165, 1.54) is 0 Å². The highest BCUT2D eigenvalue weighted by atomic mass is 16.4. The third-order valence-corrected chi connectivity index (χ3v) is 3.04. The molecule has 0 saturated carbocycles. The number of hydrogen-bond donors (Lipinski definition) is 1. The minimum absolute atomic E-state index is 0.277. The first-order valence-electron chi connectivity index (χ1n) is 5.92. The van der Waals surface area contributed by atoms with E-state index in [4.69, 9.17) is 5.11 Å². The molecule has 92 valence electrons. The molecule has 1 aromatic heterocycles. The van der Waals surface area contributed by atoms with Crippen LogP contribution in [0.5, 0.6) is 0 Å². The molecule has 0 atom stereocenters. The summed E-state index contributed by atoms with van der Waals surface area (Å²) in [6, 6.07) is 16.8. The van der Waals surface area contributed by atoms with Gasteiger partial charge in [-0.3, -0.25) is 4.98 Å². The minimum Gasteiger partial charge on any atom is -0.478 e. The van der Waals surface area contributed by atoms with Gasteiger partial charge < -0.3 is 5.11 Å². The number of fused-ring (bicyclic) bond motifs is 1. The Bertz CT molecular complexity index is 751. The fraction of sp³-hybridized carbons (Fsp3) is 0. The van der Waals surface area contributed by atoms with E-state index in [-0.39, 0.29) is 5.56 Å². The molecular weight excluding hydrogens is 238 g/mol. The van der Waals surface area contributed by atoms with E-state index in [9.17, 15) is 4.79 Å². The Kier molecular flexibility index (Phi) is 2.72. The van der Waals surface area contributed by atoms with Crippen molar-refractivity contribution in [2.75, 3.05) is 0 Å². The fourth-order valence-corrected chi connectivity index (χ4v) is 2.05. The zero-order chi connectivity index (χ0) is 13.2. The van der Waals surface area contributed by atoms with Crippen LogP contribution in [0.25, 0.3) is 22.0 Å². The van der Waals surface area contributed by atoms with E-state index in [0.717, 1.165) is 22.0 Å². The summed E-state index contributed by atoms with van der Waals surface area (Å²) in [5.41, 5.74) is 3.12. The maximum absolute atomic E-state index is 11.0. The summed E-state index contributed by atoms with van der Waals surface area (Å²) in [5, 5.41) is 9.84. The van der Waals surface area contributed by atoms with Gasteiger partial charge in [-0.25, -0.2) is 4.79 Å². The molecule has 1 N–H and O–H groups in total. The largest absolute Gasteiger partial charge is 0.478 e. The summed E-state index contributed by atoms with van der Waals surface area (Å²) >= 11 is 0. The quantitative estimate of drug-likeness (QED) is 0.754. The molecule has 0 fully saturated rings. The van der Waals surface area contributed by atoms with Crippen LogP contribution in [0.1, 0.15) is 10.4 Å². The summed E-state index contributed by atoms with van der Waals surface area (Å²) in [7, 11) is 0. The van der Waals surface area contributed by atoms with Crippen LogP contribution in [0.2, 0.25) is 0 Å². The maximum atomic E-state index is 11.0. The Morgan fingerprint density at radius 2 is 1.74 bits per heavy atom. The van der Waals surface area contributed by atoms with Gasteiger partial charge in [-0.1, -0.05) is 30.3 Å². The number of aromatic carboxylic acids is 1. The minimum atomic E-state index is -0.924. The molecule has 1 heterocycles. The SMILES string of the molecule is O=C(O)c1ccc2ncc(-c3ccccc3)cc2c1. The zero-order valence-corrected chi connectivity index (χ0v) is 10.1. The molecule has 0 spiro atoms. The van der Waals surface area contributed by atoms with Crippen LogP contribution in [0.4, 0.5) is 0 Å². The number of carbonyl (C=O) groups is 1. The number of rotatable bonds is 2. The second kappa shape index (κ2) is 4.53. The molecule has 3 heteroatoms. The number of pyridine rings is 1. The first-order valence-corrected chi connectivity index (χ1v) is 5.92. The highest BCUT2D eigenvalue weighted by Crippen LogP contribution is 2.23. The monoisotopic (exact) mass is 249 g/mol. The summed E-state index contributed by atoms with van der Waals surface area (Å²) in [6.45, 7) is 0. The molecule has 0 amide bonds. The zero-order valence-electron chi connectivity index (χ0n) is 10.1. The Morgan fingerprint density at radius 1 is 0.947 bits per heavy atom. The van der Waals surface area contributed by atoms with Gasteiger partial charge in [0.15, 0.2) is 0 Å². The predicted molar refractivity (Wildman–Crippen MR) is 74.1 cm³/mol. The molecule has 3 nitrogen and oxygen atoms in total. The average molecular weight is 249 g/mol. The molecule has 0 bridgehead atoms. The van der Waals surface area contributed by atoms with E-state index in [0.29, 0.717) is 0 Å². The van der Waals surface area contributed by atoms with Gasteiger partial charge >= 0.3 is 5.97 Å². The van der Waals surface area contributed by atoms with Crippen molar-refractivity contribution < 1.29 is 9.90 Å². The van der Waals surface area contributed by atoms with Gasteiger partial charge in [0, 0.05) is 17.1 Å². The van der Waals surface area contributed by atoms with Crippen molar-refractivity contribution in [1.29, 1.82) is 0 Å². The molecular formula is C16H11NO2. The molecule has 0 aliphatic carbocycles. The maximum Gasteiger partial charge on any atom is 0.335 e. The molecule has 2 aromatic carbocycles. The standard InChI is InChI=1S/C16H11NO2/c18-16(19)12-6-7-15-13(8-12)9-14(10-17-15)11-4-2-1-3-5-11/h1-10H,(H,18,19). The van der Waals surface area contributed by atoms with E-state index in [1.807, 2.05) is 36.4 Å². The molecule has 0 unspecified atom stereocenters. The highest BCUT2D eigenvalue weighted by molar-refractivity contribution is 5.94. The summed E-state index contributed by atoms with van der Waals surface area (Å²) < 4.78 is 0. The smallest absolute Gasteiger partial charge is 0.335 e. The number of nitrogens with zero attached hydrogens (tertiary/aromatic N) is 1. The second-order valence-corrected chi connectivity index (χ2v) is 4.30. The van der Waals surface area contributed by atoms with Crippen LogP contribution >= 0.6 is 0 Å². The van der Waals surface area contributed by atoms with E-state index >= 15 is 0 Å². The Hall–Kier alpha value is -2.68. The lowest BCUT2D eigenvalue weighted by atomic mass is 10.0. The normalized spacial score (nSPS) is 10.5. The van der Waals surface area contributed by atoms with Gasteiger partial charge in [-0.2, -0.15) is 0 Å². The highest BCUT2D eigenvalue weighted by Gasteiger charge is 2.05. The van der Waals surface area contributed by atoms with Crippen molar-refractivity contribution in [3.63, 3.8) is 0 Å². The number of hydrogen-bond acceptors (Lipinski definition) is 2. The van der Waals surface area contributed by atoms with Gasteiger partial charge in [-0.05, 0) is 29.8 Å². The van der Waals surface area contributed by atoms with Gasteiger partial charge in [0.25, 0.3) is 0 Å². The Morgan fingerprint density at radius 3 is 2.47 bits per heavy atom. The second-order valence-electron chi connectivity index (χ2n) is 4.30. The van der Waals surface area contributed by atoms with Crippen molar-refractivity contribution in [3.05, 3.63) is 66.4 Å². The third kappa shape index (κ3) is 2.18. The first kappa shape index (κ1) is 11.4. The Labute approximate surface area is 110 Å². The molecule has 0 radical (unpaired) electrons. The first-order chi connectivity index (χ1) is 9.24. The lowest BCUT2D eigenvalue weighted by Crippen LogP contribution is -1.95. The topological polar surface area (TPSA) is 50.2 Å². The van der Waals surface area contributed by atoms with Crippen molar-refractivity contribution in [1.82, 2.24) is 4.98 Å². The van der Waals surface area contributed by atoms with E-state index < -0.39 is 5.97 Å². The predicted octanol–water partition coefficient (Wildman–Crippen LogP) is 3.60. The van der Waals surface area contributed by atoms with Crippen molar-refractivity contribution in [2.24, 2.45) is 0 Å². The molecule has 0 aliphatic rings. The number of carboxylic acids is 1. The molecule has 3 rings (SSSR count). The lowest BCUT2D eigenvalue weighted by molar-refractivity contribution is 0.0697. The summed E-state index contributed by atoms with van der Waals surface area (Å²) in [6.07, 6.45) is 1.80. The number of aromatic nitrogens is 1. The molecule has 0 aliphatic heterocycles. The van der Waals surface area contributed by atoms with Crippen LogP contribution in [0.3, 0.4) is 0 Å². The van der Waals surface area contributed by atoms with Crippen LogP contribution in [0, 0.1) is 0 Å². The van der Waals surface area contributed by atoms with Gasteiger partial charge in [0.05, 0.1) is 11.1 Å². The Balaban J connectivity index is 2.16. The van der Waals surface area contributed by atoms with E-state index in [1.54, 1.807) is 24.4 Å². The molecule has 19 heavy (non-hydrogen) atoms. The van der Waals surface area contributed by atoms with E-state index in [2.05, 4.69) is 4.98 Å².